The predicted molar refractivity (Wildman–Crippen MR) is 101 cm³/mol. The Morgan fingerprint density at radius 3 is 2.80 bits per heavy atom. The molecular formula is C17H17ClN2O3S2. The molecule has 25 heavy (non-hydrogen) atoms. The van der Waals surface area contributed by atoms with Crippen molar-refractivity contribution in [2.75, 3.05) is 12.9 Å². The zero-order valence-corrected chi connectivity index (χ0v) is 16.2. The molecule has 0 bridgehead atoms. The van der Waals surface area contributed by atoms with Crippen molar-refractivity contribution in [1.82, 2.24) is 9.55 Å². The van der Waals surface area contributed by atoms with Crippen LogP contribution in [0.5, 0.6) is 0 Å². The molecule has 132 valence electrons. The quantitative estimate of drug-likeness (QED) is 0.437. The van der Waals surface area contributed by atoms with E-state index in [9.17, 15) is 9.59 Å². The molecule has 0 saturated heterocycles. The molecule has 0 amide bonds. The number of hydrogen-bond donors (Lipinski definition) is 0. The Balaban J connectivity index is 2.13. The van der Waals surface area contributed by atoms with Crippen molar-refractivity contribution in [3.8, 4) is 5.69 Å². The second-order valence-electron chi connectivity index (χ2n) is 5.42. The summed E-state index contributed by atoms with van der Waals surface area (Å²) in [4.78, 5) is 30.4. The van der Waals surface area contributed by atoms with Crippen molar-refractivity contribution < 1.29 is 9.53 Å². The number of halogens is 1. The molecule has 3 rings (SSSR count). The second kappa shape index (κ2) is 7.85. The molecule has 8 heteroatoms. The van der Waals surface area contributed by atoms with Crippen LogP contribution in [0.4, 0.5) is 0 Å². The van der Waals surface area contributed by atoms with Crippen LogP contribution in [0.2, 0.25) is 5.02 Å². The van der Waals surface area contributed by atoms with Crippen molar-refractivity contribution in [3.05, 3.63) is 45.3 Å². The van der Waals surface area contributed by atoms with E-state index in [1.165, 1.54) is 30.6 Å². The molecule has 2 heterocycles. The van der Waals surface area contributed by atoms with Crippen molar-refractivity contribution in [2.45, 2.75) is 35.1 Å². The molecule has 1 aliphatic rings. The van der Waals surface area contributed by atoms with Gasteiger partial charge in [-0.1, -0.05) is 30.3 Å². The van der Waals surface area contributed by atoms with Gasteiger partial charge in [0.1, 0.15) is 5.25 Å². The number of aromatic nitrogens is 2. The Morgan fingerprint density at radius 2 is 2.16 bits per heavy atom. The standard InChI is InChI=1S/C17H17ClN2O3S2/c1-3-13(16(22)23-2)25-17-19-12-8-9-24-14(12)15(21)20(17)11-6-4-10(18)5-7-11/h4-7,13H,3,8-9H2,1-2H3/t13-/m1/s1. The number of benzene rings is 1. The molecule has 0 fully saturated rings. The summed E-state index contributed by atoms with van der Waals surface area (Å²) < 4.78 is 6.42. The SMILES string of the molecule is CC[C@@H](Sc1nc2c(c(=O)n1-c1ccc(Cl)cc1)SCC2)C(=O)OC. The molecule has 1 aromatic heterocycles. The lowest BCUT2D eigenvalue weighted by Gasteiger charge is -2.17. The Kier molecular flexibility index (Phi) is 5.76. The molecule has 1 aliphatic heterocycles. The van der Waals surface area contributed by atoms with Crippen LogP contribution in [0.3, 0.4) is 0 Å². The Hall–Kier alpha value is -1.44. The number of esters is 1. The van der Waals surface area contributed by atoms with Gasteiger partial charge in [0.15, 0.2) is 5.16 Å². The predicted octanol–water partition coefficient (Wildman–Crippen LogP) is 3.58. The second-order valence-corrected chi connectivity index (χ2v) is 8.14. The fraction of sp³-hybridized carbons (Fsp3) is 0.353. The van der Waals surface area contributed by atoms with E-state index in [-0.39, 0.29) is 11.5 Å². The van der Waals surface area contributed by atoms with Gasteiger partial charge in [-0.3, -0.25) is 14.2 Å². The summed E-state index contributed by atoms with van der Waals surface area (Å²) in [6.07, 6.45) is 1.35. The zero-order chi connectivity index (χ0) is 18.0. The number of thioether (sulfide) groups is 2. The van der Waals surface area contributed by atoms with Gasteiger partial charge in [-0.25, -0.2) is 4.98 Å². The van der Waals surface area contributed by atoms with E-state index >= 15 is 0 Å². The van der Waals surface area contributed by atoms with Crippen LogP contribution in [0.1, 0.15) is 19.0 Å². The van der Waals surface area contributed by atoms with Crippen molar-refractivity contribution >= 4 is 41.1 Å². The fourth-order valence-electron chi connectivity index (χ4n) is 2.55. The van der Waals surface area contributed by atoms with Crippen LogP contribution >= 0.6 is 35.1 Å². The lowest BCUT2D eigenvalue weighted by molar-refractivity contribution is -0.140. The first-order valence-electron chi connectivity index (χ1n) is 7.84. The van der Waals surface area contributed by atoms with E-state index in [0.717, 1.165) is 17.9 Å². The maximum atomic E-state index is 13.0. The minimum absolute atomic E-state index is 0.1000. The third-order valence-electron chi connectivity index (χ3n) is 3.83. The van der Waals surface area contributed by atoms with Gasteiger partial charge in [0.05, 0.1) is 23.4 Å². The van der Waals surface area contributed by atoms with Crippen LogP contribution in [-0.2, 0) is 16.0 Å². The molecule has 1 aromatic carbocycles. The van der Waals surface area contributed by atoms with Gasteiger partial charge in [0.2, 0.25) is 0 Å². The maximum Gasteiger partial charge on any atom is 0.319 e. The minimum atomic E-state index is -0.414. The minimum Gasteiger partial charge on any atom is -0.468 e. The summed E-state index contributed by atoms with van der Waals surface area (Å²) in [7, 11) is 1.37. The lowest BCUT2D eigenvalue weighted by atomic mass is 10.3. The van der Waals surface area contributed by atoms with Crippen molar-refractivity contribution in [1.29, 1.82) is 0 Å². The highest BCUT2D eigenvalue weighted by molar-refractivity contribution is 8.00. The number of rotatable bonds is 5. The van der Waals surface area contributed by atoms with Crippen LogP contribution in [0.25, 0.3) is 5.69 Å². The van der Waals surface area contributed by atoms with E-state index in [1.54, 1.807) is 28.8 Å². The van der Waals surface area contributed by atoms with Gasteiger partial charge < -0.3 is 4.74 Å². The van der Waals surface area contributed by atoms with Crippen molar-refractivity contribution in [2.24, 2.45) is 0 Å². The highest BCUT2D eigenvalue weighted by atomic mass is 35.5. The summed E-state index contributed by atoms with van der Waals surface area (Å²) in [5, 5.41) is 0.684. The molecule has 0 spiro atoms. The summed E-state index contributed by atoms with van der Waals surface area (Å²) in [5.41, 5.74) is 1.39. The monoisotopic (exact) mass is 396 g/mol. The number of methoxy groups -OCH3 is 1. The van der Waals surface area contributed by atoms with Crippen LogP contribution in [0, 0.1) is 0 Å². The molecule has 0 N–H and O–H groups in total. The summed E-state index contributed by atoms with van der Waals surface area (Å²) in [5.74, 6) is 0.528. The average molecular weight is 397 g/mol. The van der Waals surface area contributed by atoms with Crippen LogP contribution in [-0.4, -0.2) is 33.6 Å². The first-order valence-corrected chi connectivity index (χ1v) is 10.1. The number of fused-ring (bicyclic) bond motifs is 1. The van der Waals surface area contributed by atoms with Gasteiger partial charge in [0.25, 0.3) is 5.56 Å². The molecule has 1 atom stereocenters. The van der Waals surface area contributed by atoms with Crippen LogP contribution < -0.4 is 5.56 Å². The summed E-state index contributed by atoms with van der Waals surface area (Å²) >= 11 is 8.76. The largest absolute Gasteiger partial charge is 0.468 e. The Labute approximate surface area is 159 Å². The number of hydrogen-bond acceptors (Lipinski definition) is 6. The molecule has 5 nitrogen and oxygen atoms in total. The zero-order valence-electron chi connectivity index (χ0n) is 13.8. The third kappa shape index (κ3) is 3.73. The fourth-order valence-corrected chi connectivity index (χ4v) is 4.77. The number of aryl methyl sites for hydroxylation is 1. The topological polar surface area (TPSA) is 61.2 Å². The highest BCUT2D eigenvalue weighted by Crippen LogP contribution is 2.32. The number of carbonyl (C=O) groups excluding carboxylic acids is 1. The number of nitrogens with zero attached hydrogens (tertiary/aromatic N) is 2. The van der Waals surface area contributed by atoms with E-state index in [0.29, 0.717) is 27.2 Å². The summed E-state index contributed by atoms with van der Waals surface area (Å²) in [6, 6.07) is 7.02. The normalized spacial score (nSPS) is 14.2. The number of carbonyl (C=O) groups is 1. The smallest absolute Gasteiger partial charge is 0.319 e. The highest BCUT2D eigenvalue weighted by Gasteiger charge is 2.26. The third-order valence-corrected chi connectivity index (χ3v) is 6.49. The van der Waals surface area contributed by atoms with Gasteiger partial charge in [-0.05, 0) is 30.7 Å². The van der Waals surface area contributed by atoms with Gasteiger partial charge in [0, 0.05) is 17.2 Å². The average Bonchev–Trinajstić information content (AvgIpc) is 3.09. The molecule has 0 aliphatic carbocycles. The van der Waals surface area contributed by atoms with Gasteiger partial charge >= 0.3 is 5.97 Å². The maximum absolute atomic E-state index is 13.0. The first-order chi connectivity index (χ1) is 12.0. The Morgan fingerprint density at radius 1 is 1.44 bits per heavy atom. The lowest BCUT2D eigenvalue weighted by Crippen LogP contribution is -2.26. The molecule has 0 unspecified atom stereocenters. The van der Waals surface area contributed by atoms with Gasteiger partial charge in [-0.2, -0.15) is 0 Å². The van der Waals surface area contributed by atoms with E-state index < -0.39 is 5.25 Å². The van der Waals surface area contributed by atoms with Crippen molar-refractivity contribution in [3.63, 3.8) is 0 Å². The van der Waals surface area contributed by atoms with E-state index in [2.05, 4.69) is 4.98 Å². The first kappa shape index (κ1) is 18.4. The van der Waals surface area contributed by atoms with Gasteiger partial charge in [-0.15, -0.1) is 11.8 Å². The molecule has 0 saturated carbocycles. The molecule has 2 aromatic rings. The molecule has 0 radical (unpaired) electrons. The number of ether oxygens (including phenoxy) is 1. The molecular weight excluding hydrogens is 380 g/mol. The van der Waals surface area contributed by atoms with E-state index in [1.807, 2.05) is 6.92 Å². The van der Waals surface area contributed by atoms with E-state index in [4.69, 9.17) is 16.3 Å². The van der Waals surface area contributed by atoms with Crippen LogP contribution in [0.15, 0.2) is 39.1 Å². The Bertz CT molecular complexity index is 852. The summed E-state index contributed by atoms with van der Waals surface area (Å²) in [6.45, 7) is 1.91.